The minimum absolute atomic E-state index is 0.0130. The number of ether oxygens (including phenoxy) is 1. The molecule has 0 radical (unpaired) electrons. The van der Waals surface area contributed by atoms with Crippen molar-refractivity contribution in [3.8, 4) is 5.75 Å². The summed E-state index contributed by atoms with van der Waals surface area (Å²) in [5.74, 6) is 0.693. The van der Waals surface area contributed by atoms with Crippen LogP contribution in [0.4, 0.5) is 0 Å². The van der Waals surface area contributed by atoms with Gasteiger partial charge in [0, 0.05) is 38.3 Å². The van der Waals surface area contributed by atoms with Crippen LogP contribution in [0.3, 0.4) is 0 Å². The lowest BCUT2D eigenvalue weighted by Gasteiger charge is -2.32. The van der Waals surface area contributed by atoms with Gasteiger partial charge in [-0.15, -0.1) is 0 Å². The Labute approximate surface area is 118 Å². The number of carbonyl (C=O) groups excluding carboxylic acids is 2. The van der Waals surface area contributed by atoms with E-state index in [-0.39, 0.29) is 5.91 Å². The van der Waals surface area contributed by atoms with Crippen molar-refractivity contribution in [3.05, 3.63) is 29.8 Å². The molecule has 1 aliphatic heterocycles. The highest BCUT2D eigenvalue weighted by Gasteiger charge is 2.21. The maximum absolute atomic E-state index is 12.3. The van der Waals surface area contributed by atoms with E-state index in [1.165, 1.54) is 0 Å². The summed E-state index contributed by atoms with van der Waals surface area (Å²) in [7, 11) is 0. The van der Waals surface area contributed by atoms with Crippen LogP contribution in [0.1, 0.15) is 10.4 Å². The first kappa shape index (κ1) is 14.3. The fourth-order valence-electron chi connectivity index (χ4n) is 2.08. The zero-order valence-electron chi connectivity index (χ0n) is 11.3. The molecule has 1 saturated heterocycles. The summed E-state index contributed by atoms with van der Waals surface area (Å²) >= 11 is 0. The summed E-state index contributed by atoms with van der Waals surface area (Å²) in [6.45, 7) is 3.24. The maximum atomic E-state index is 12.3. The average Bonchev–Trinajstić information content (AvgIpc) is 2.53. The molecule has 20 heavy (non-hydrogen) atoms. The highest BCUT2D eigenvalue weighted by atomic mass is 16.5. The normalized spacial score (nSPS) is 15.1. The molecule has 108 valence electrons. The van der Waals surface area contributed by atoms with Gasteiger partial charge in [-0.1, -0.05) is 0 Å². The second kappa shape index (κ2) is 6.91. The lowest BCUT2D eigenvalue weighted by Crippen LogP contribution is -2.48. The third-order valence-electron chi connectivity index (χ3n) is 3.24. The number of nitrogens with two attached hydrogens (primary N) is 1. The van der Waals surface area contributed by atoms with E-state index in [1.807, 2.05) is 0 Å². The van der Waals surface area contributed by atoms with Crippen LogP contribution in [-0.4, -0.2) is 61.4 Å². The standard InChI is InChI=1S/C14H19N3O3/c15-5-10-20-13-3-1-12(2-4-13)14(19)17-8-6-16(11-18)7-9-17/h1-4,11H,5-10,15H2. The molecule has 1 heterocycles. The van der Waals surface area contributed by atoms with Gasteiger partial charge in [0.25, 0.3) is 5.91 Å². The average molecular weight is 277 g/mol. The van der Waals surface area contributed by atoms with Crippen LogP contribution < -0.4 is 10.5 Å². The van der Waals surface area contributed by atoms with Gasteiger partial charge in [-0.2, -0.15) is 0 Å². The van der Waals surface area contributed by atoms with E-state index in [0.29, 0.717) is 50.6 Å². The zero-order valence-corrected chi connectivity index (χ0v) is 11.3. The van der Waals surface area contributed by atoms with Crippen molar-refractivity contribution in [2.45, 2.75) is 0 Å². The fourth-order valence-corrected chi connectivity index (χ4v) is 2.08. The maximum Gasteiger partial charge on any atom is 0.253 e. The number of piperazine rings is 1. The molecule has 0 atom stereocenters. The summed E-state index contributed by atoms with van der Waals surface area (Å²) in [5.41, 5.74) is 5.99. The van der Waals surface area contributed by atoms with Crippen molar-refractivity contribution in [3.63, 3.8) is 0 Å². The van der Waals surface area contributed by atoms with E-state index >= 15 is 0 Å². The number of hydrogen-bond acceptors (Lipinski definition) is 4. The lowest BCUT2D eigenvalue weighted by molar-refractivity contribution is -0.119. The molecule has 0 aromatic heterocycles. The molecule has 0 aliphatic carbocycles. The topological polar surface area (TPSA) is 75.9 Å². The third-order valence-corrected chi connectivity index (χ3v) is 3.24. The monoisotopic (exact) mass is 277 g/mol. The minimum atomic E-state index is -0.0130. The molecule has 2 amide bonds. The number of benzene rings is 1. The van der Waals surface area contributed by atoms with Gasteiger partial charge < -0.3 is 20.3 Å². The van der Waals surface area contributed by atoms with Crippen LogP contribution in [0.25, 0.3) is 0 Å². The Hall–Kier alpha value is -2.08. The quantitative estimate of drug-likeness (QED) is 0.765. The van der Waals surface area contributed by atoms with Gasteiger partial charge in [0.1, 0.15) is 12.4 Å². The molecule has 0 unspecified atom stereocenters. The highest BCUT2D eigenvalue weighted by Crippen LogP contribution is 2.14. The minimum Gasteiger partial charge on any atom is -0.492 e. The lowest BCUT2D eigenvalue weighted by atomic mass is 10.1. The van der Waals surface area contributed by atoms with E-state index in [1.54, 1.807) is 34.1 Å². The molecule has 0 spiro atoms. The van der Waals surface area contributed by atoms with Crippen molar-refractivity contribution in [2.75, 3.05) is 39.3 Å². The Morgan fingerprint density at radius 2 is 1.85 bits per heavy atom. The Morgan fingerprint density at radius 1 is 1.20 bits per heavy atom. The van der Waals surface area contributed by atoms with E-state index < -0.39 is 0 Å². The van der Waals surface area contributed by atoms with Gasteiger partial charge in [0.05, 0.1) is 0 Å². The van der Waals surface area contributed by atoms with Gasteiger partial charge in [0.2, 0.25) is 6.41 Å². The molecule has 6 heteroatoms. The van der Waals surface area contributed by atoms with E-state index in [9.17, 15) is 9.59 Å². The van der Waals surface area contributed by atoms with E-state index in [0.717, 1.165) is 6.41 Å². The van der Waals surface area contributed by atoms with Crippen LogP contribution in [0.5, 0.6) is 5.75 Å². The first-order chi connectivity index (χ1) is 9.74. The number of carbonyl (C=O) groups is 2. The SMILES string of the molecule is NCCOc1ccc(C(=O)N2CCN(C=O)CC2)cc1. The first-order valence-electron chi connectivity index (χ1n) is 6.66. The predicted octanol–water partition coefficient (Wildman–Crippen LogP) is -0.0617. The second-order valence-electron chi connectivity index (χ2n) is 4.60. The van der Waals surface area contributed by atoms with Crippen molar-refractivity contribution in [2.24, 2.45) is 5.73 Å². The van der Waals surface area contributed by atoms with Gasteiger partial charge in [-0.05, 0) is 24.3 Å². The Morgan fingerprint density at radius 3 is 2.40 bits per heavy atom. The van der Waals surface area contributed by atoms with Crippen molar-refractivity contribution < 1.29 is 14.3 Å². The Bertz CT molecular complexity index is 453. The molecule has 0 bridgehead atoms. The molecular weight excluding hydrogens is 258 g/mol. The number of nitrogens with zero attached hydrogens (tertiary/aromatic N) is 2. The largest absolute Gasteiger partial charge is 0.492 e. The zero-order chi connectivity index (χ0) is 14.4. The molecule has 1 aliphatic rings. The summed E-state index contributed by atoms with van der Waals surface area (Å²) in [6, 6.07) is 7.04. The van der Waals surface area contributed by atoms with Crippen LogP contribution >= 0.6 is 0 Å². The predicted molar refractivity (Wildman–Crippen MR) is 74.5 cm³/mol. The third kappa shape index (κ3) is 3.48. The molecule has 6 nitrogen and oxygen atoms in total. The van der Waals surface area contributed by atoms with Crippen molar-refractivity contribution >= 4 is 12.3 Å². The molecule has 0 saturated carbocycles. The number of rotatable bonds is 5. The number of amides is 2. The smallest absolute Gasteiger partial charge is 0.253 e. The fraction of sp³-hybridized carbons (Fsp3) is 0.429. The van der Waals surface area contributed by atoms with Crippen LogP contribution in [-0.2, 0) is 4.79 Å². The molecular formula is C14H19N3O3. The Balaban J connectivity index is 1.94. The molecule has 1 fully saturated rings. The summed E-state index contributed by atoms with van der Waals surface area (Å²) < 4.78 is 5.37. The highest BCUT2D eigenvalue weighted by molar-refractivity contribution is 5.94. The second-order valence-corrected chi connectivity index (χ2v) is 4.60. The number of hydrogen-bond donors (Lipinski definition) is 1. The molecule has 2 rings (SSSR count). The van der Waals surface area contributed by atoms with Crippen LogP contribution in [0.15, 0.2) is 24.3 Å². The first-order valence-corrected chi connectivity index (χ1v) is 6.66. The molecule has 1 aromatic rings. The molecule has 1 aromatic carbocycles. The van der Waals surface area contributed by atoms with Crippen molar-refractivity contribution in [1.29, 1.82) is 0 Å². The van der Waals surface area contributed by atoms with E-state index in [4.69, 9.17) is 10.5 Å². The van der Waals surface area contributed by atoms with Gasteiger partial charge in [0.15, 0.2) is 0 Å². The van der Waals surface area contributed by atoms with Crippen LogP contribution in [0, 0.1) is 0 Å². The van der Waals surface area contributed by atoms with Gasteiger partial charge >= 0.3 is 0 Å². The summed E-state index contributed by atoms with van der Waals surface area (Å²) in [4.78, 5) is 26.3. The van der Waals surface area contributed by atoms with Crippen molar-refractivity contribution in [1.82, 2.24) is 9.80 Å². The summed E-state index contributed by atoms with van der Waals surface area (Å²) in [6.07, 6.45) is 0.825. The van der Waals surface area contributed by atoms with Gasteiger partial charge in [-0.3, -0.25) is 9.59 Å². The van der Waals surface area contributed by atoms with Gasteiger partial charge in [-0.25, -0.2) is 0 Å². The summed E-state index contributed by atoms with van der Waals surface area (Å²) in [5, 5.41) is 0. The Kier molecular flexibility index (Phi) is 4.95. The van der Waals surface area contributed by atoms with E-state index in [2.05, 4.69) is 0 Å². The van der Waals surface area contributed by atoms with Crippen LogP contribution in [0.2, 0.25) is 0 Å². The molecule has 2 N–H and O–H groups in total.